The molecule has 0 radical (unpaired) electrons. The smallest absolute Gasteiger partial charge is 0.222 e. The van der Waals surface area contributed by atoms with Gasteiger partial charge in [-0.05, 0) is 38.3 Å². The van der Waals surface area contributed by atoms with Crippen LogP contribution < -0.4 is 5.32 Å². The first-order valence-electron chi connectivity index (χ1n) is 7.13. The number of nitrogens with zero attached hydrogens (tertiary/aromatic N) is 1. The fourth-order valence-electron chi connectivity index (χ4n) is 2.63. The van der Waals surface area contributed by atoms with Gasteiger partial charge in [-0.25, -0.2) is 0 Å². The third-order valence-corrected chi connectivity index (χ3v) is 4.08. The Morgan fingerprint density at radius 1 is 1.29 bits per heavy atom. The Balaban J connectivity index is 2.30. The van der Waals surface area contributed by atoms with E-state index < -0.39 is 0 Å². The van der Waals surface area contributed by atoms with Crippen molar-refractivity contribution in [2.24, 2.45) is 11.8 Å². The lowest BCUT2D eigenvalue weighted by atomic mass is 9.94. The molecule has 0 aromatic carbocycles. The molecule has 1 heterocycles. The summed E-state index contributed by atoms with van der Waals surface area (Å²) in [5, 5.41) is 3.23. The van der Waals surface area contributed by atoms with Gasteiger partial charge in [0, 0.05) is 19.5 Å². The molecule has 1 saturated heterocycles. The van der Waals surface area contributed by atoms with E-state index in [1.54, 1.807) is 0 Å². The first-order chi connectivity index (χ1) is 8.21. The quantitative estimate of drug-likeness (QED) is 0.772. The Hall–Kier alpha value is -0.570. The van der Waals surface area contributed by atoms with Crippen LogP contribution in [0, 0.1) is 11.8 Å². The number of carbonyl (C=O) groups is 1. The molecule has 1 amide bonds. The van der Waals surface area contributed by atoms with Gasteiger partial charge in [-0.2, -0.15) is 0 Å². The molecular formula is C14H28N2O. The van der Waals surface area contributed by atoms with Crippen LogP contribution in [0.5, 0.6) is 0 Å². The van der Waals surface area contributed by atoms with Crippen molar-refractivity contribution in [3.63, 3.8) is 0 Å². The lowest BCUT2D eigenvalue weighted by Gasteiger charge is -2.32. The minimum atomic E-state index is 0.376. The lowest BCUT2D eigenvalue weighted by Crippen LogP contribution is -2.41. The molecule has 3 nitrogen and oxygen atoms in total. The van der Waals surface area contributed by atoms with Crippen LogP contribution in [-0.4, -0.2) is 37.5 Å². The first kappa shape index (κ1) is 14.5. The highest BCUT2D eigenvalue weighted by molar-refractivity contribution is 5.76. The second kappa shape index (κ2) is 7.70. The molecular weight excluding hydrogens is 212 g/mol. The molecule has 1 aliphatic heterocycles. The van der Waals surface area contributed by atoms with E-state index in [-0.39, 0.29) is 0 Å². The molecule has 0 aliphatic carbocycles. The summed E-state index contributed by atoms with van der Waals surface area (Å²) >= 11 is 0. The molecule has 1 rings (SSSR count). The summed E-state index contributed by atoms with van der Waals surface area (Å²) in [6.45, 7) is 7.38. The van der Waals surface area contributed by atoms with E-state index in [1.165, 1.54) is 0 Å². The Bertz CT molecular complexity index is 218. The van der Waals surface area contributed by atoms with Crippen LogP contribution in [0.15, 0.2) is 0 Å². The molecule has 0 saturated carbocycles. The van der Waals surface area contributed by atoms with Crippen molar-refractivity contribution < 1.29 is 4.79 Å². The third kappa shape index (κ3) is 4.66. The van der Waals surface area contributed by atoms with Crippen molar-refractivity contribution in [2.45, 2.75) is 46.0 Å². The molecule has 0 bridgehead atoms. The molecule has 0 spiro atoms. The predicted octanol–water partition coefficient (Wildman–Crippen LogP) is 2.27. The zero-order valence-corrected chi connectivity index (χ0v) is 11.7. The standard InChI is InChI=1S/C14H28N2O/c1-4-12(5-2)10-14(17)16-8-6-13(7-9-16)11-15-3/h12-13,15H,4-11H2,1-3H3. The van der Waals surface area contributed by atoms with E-state index in [1.807, 2.05) is 7.05 Å². The van der Waals surface area contributed by atoms with Gasteiger partial charge in [0.25, 0.3) is 0 Å². The summed E-state index contributed by atoms with van der Waals surface area (Å²) in [4.78, 5) is 14.2. The SMILES string of the molecule is CCC(CC)CC(=O)N1CCC(CNC)CC1. The molecule has 0 unspecified atom stereocenters. The van der Waals surface area contributed by atoms with Gasteiger partial charge >= 0.3 is 0 Å². The van der Waals surface area contributed by atoms with Crippen LogP contribution in [0.1, 0.15) is 46.0 Å². The van der Waals surface area contributed by atoms with Crippen molar-refractivity contribution in [3.8, 4) is 0 Å². The summed E-state index contributed by atoms with van der Waals surface area (Å²) < 4.78 is 0. The Morgan fingerprint density at radius 3 is 2.35 bits per heavy atom. The fourth-order valence-corrected chi connectivity index (χ4v) is 2.63. The molecule has 1 fully saturated rings. The Kier molecular flexibility index (Phi) is 6.56. The Morgan fingerprint density at radius 2 is 1.88 bits per heavy atom. The van der Waals surface area contributed by atoms with Crippen LogP contribution in [-0.2, 0) is 4.79 Å². The van der Waals surface area contributed by atoms with Crippen LogP contribution >= 0.6 is 0 Å². The molecule has 17 heavy (non-hydrogen) atoms. The normalized spacial score (nSPS) is 17.8. The van der Waals surface area contributed by atoms with E-state index in [9.17, 15) is 4.79 Å². The zero-order valence-electron chi connectivity index (χ0n) is 11.7. The number of carbonyl (C=O) groups excluding carboxylic acids is 1. The predicted molar refractivity (Wildman–Crippen MR) is 71.9 cm³/mol. The largest absolute Gasteiger partial charge is 0.343 e. The van der Waals surface area contributed by atoms with Gasteiger partial charge in [0.05, 0.1) is 0 Å². The minimum Gasteiger partial charge on any atom is -0.343 e. The van der Waals surface area contributed by atoms with E-state index in [2.05, 4.69) is 24.1 Å². The number of rotatable bonds is 6. The average molecular weight is 240 g/mol. The van der Waals surface area contributed by atoms with Gasteiger partial charge in [0.2, 0.25) is 5.91 Å². The highest BCUT2D eigenvalue weighted by Gasteiger charge is 2.23. The average Bonchev–Trinajstić information content (AvgIpc) is 2.37. The maximum absolute atomic E-state index is 12.1. The van der Waals surface area contributed by atoms with Crippen molar-refractivity contribution in [2.75, 3.05) is 26.7 Å². The molecule has 3 heteroatoms. The van der Waals surface area contributed by atoms with Crippen LogP contribution in [0.4, 0.5) is 0 Å². The van der Waals surface area contributed by atoms with E-state index >= 15 is 0 Å². The van der Waals surface area contributed by atoms with Gasteiger partial charge in [-0.1, -0.05) is 26.7 Å². The highest BCUT2D eigenvalue weighted by atomic mass is 16.2. The number of piperidine rings is 1. The molecule has 0 aromatic rings. The molecule has 100 valence electrons. The first-order valence-corrected chi connectivity index (χ1v) is 7.13. The number of hydrogen-bond donors (Lipinski definition) is 1. The van der Waals surface area contributed by atoms with E-state index in [0.717, 1.165) is 57.7 Å². The number of amides is 1. The minimum absolute atomic E-state index is 0.376. The highest BCUT2D eigenvalue weighted by Crippen LogP contribution is 2.20. The van der Waals surface area contributed by atoms with Gasteiger partial charge in [0.1, 0.15) is 0 Å². The zero-order chi connectivity index (χ0) is 12.7. The fraction of sp³-hybridized carbons (Fsp3) is 0.929. The van der Waals surface area contributed by atoms with Gasteiger partial charge in [-0.3, -0.25) is 4.79 Å². The number of nitrogens with one attached hydrogen (secondary N) is 1. The number of hydrogen-bond acceptors (Lipinski definition) is 2. The molecule has 1 aliphatic rings. The summed E-state index contributed by atoms with van der Waals surface area (Å²) in [5.74, 6) is 1.72. The molecule has 0 atom stereocenters. The third-order valence-electron chi connectivity index (χ3n) is 4.08. The van der Waals surface area contributed by atoms with Gasteiger partial charge in [-0.15, -0.1) is 0 Å². The number of likely N-dealkylation sites (tertiary alicyclic amines) is 1. The monoisotopic (exact) mass is 240 g/mol. The van der Waals surface area contributed by atoms with Gasteiger partial charge < -0.3 is 10.2 Å². The van der Waals surface area contributed by atoms with Crippen LogP contribution in [0.3, 0.4) is 0 Å². The van der Waals surface area contributed by atoms with Crippen molar-refractivity contribution >= 4 is 5.91 Å². The second-order valence-electron chi connectivity index (χ2n) is 5.27. The summed E-state index contributed by atoms with van der Waals surface area (Å²) in [7, 11) is 2.00. The maximum atomic E-state index is 12.1. The van der Waals surface area contributed by atoms with Gasteiger partial charge in [0.15, 0.2) is 0 Å². The topological polar surface area (TPSA) is 32.3 Å². The van der Waals surface area contributed by atoms with Crippen LogP contribution in [0.2, 0.25) is 0 Å². The molecule has 1 N–H and O–H groups in total. The lowest BCUT2D eigenvalue weighted by molar-refractivity contribution is -0.133. The second-order valence-corrected chi connectivity index (χ2v) is 5.27. The Labute approximate surface area is 106 Å². The van der Waals surface area contributed by atoms with Crippen LogP contribution in [0.25, 0.3) is 0 Å². The molecule has 0 aromatic heterocycles. The maximum Gasteiger partial charge on any atom is 0.222 e. The van der Waals surface area contributed by atoms with Crippen molar-refractivity contribution in [3.05, 3.63) is 0 Å². The summed E-state index contributed by atoms with van der Waals surface area (Å²) in [6, 6.07) is 0. The van der Waals surface area contributed by atoms with E-state index in [0.29, 0.717) is 11.8 Å². The van der Waals surface area contributed by atoms with E-state index in [4.69, 9.17) is 0 Å². The summed E-state index contributed by atoms with van der Waals surface area (Å²) in [6.07, 6.45) is 5.33. The van der Waals surface area contributed by atoms with Crippen molar-refractivity contribution in [1.82, 2.24) is 10.2 Å². The van der Waals surface area contributed by atoms with Crippen molar-refractivity contribution in [1.29, 1.82) is 0 Å². The summed E-state index contributed by atoms with van der Waals surface area (Å²) in [5.41, 5.74) is 0.